The largest absolute Gasteiger partial charge is 0.0527 e. The maximum Gasteiger partial charge on any atom is -0.0352 e. The average molecular weight is 109 g/mol. The highest BCUT2D eigenvalue weighted by atomic mass is 14.4. The average Bonchev–Trinajstić information content (AvgIpc) is 1.72. The second-order valence-corrected chi connectivity index (χ2v) is 3.17. The van der Waals surface area contributed by atoms with E-state index >= 15 is 0 Å². The third-order valence-corrected chi connectivity index (χ3v) is 2.72. The molecule has 0 aliphatic heterocycles. The fourth-order valence-electron chi connectivity index (χ4n) is 1.98. The number of rotatable bonds is 0. The molecule has 0 bridgehead atoms. The first kappa shape index (κ1) is 4.84. The van der Waals surface area contributed by atoms with Gasteiger partial charge in [0, 0.05) is 0 Å². The number of hydrogen-bond acceptors (Lipinski definition) is 0. The van der Waals surface area contributed by atoms with Crippen molar-refractivity contribution >= 4 is 0 Å². The molecular formula is C8H13. The minimum absolute atomic E-state index is 1.06. The molecule has 0 aromatic rings. The highest BCUT2D eigenvalue weighted by Crippen LogP contribution is 2.43. The summed E-state index contributed by atoms with van der Waals surface area (Å²) in [6.45, 7) is 0. The van der Waals surface area contributed by atoms with Gasteiger partial charge in [0.1, 0.15) is 0 Å². The summed E-state index contributed by atoms with van der Waals surface area (Å²) < 4.78 is 0. The first-order valence-corrected chi connectivity index (χ1v) is 3.80. The molecule has 2 rings (SSSR count). The van der Waals surface area contributed by atoms with E-state index < -0.39 is 0 Å². The molecule has 0 heterocycles. The first-order valence-electron chi connectivity index (χ1n) is 3.80. The van der Waals surface area contributed by atoms with Crippen LogP contribution in [0.5, 0.6) is 0 Å². The molecule has 0 amide bonds. The Morgan fingerprint density at radius 2 is 2.12 bits per heavy atom. The van der Waals surface area contributed by atoms with Crippen molar-refractivity contribution in [2.75, 3.05) is 0 Å². The molecule has 0 saturated heterocycles. The Kier molecular flexibility index (Phi) is 1.06. The Morgan fingerprint density at radius 1 is 1.12 bits per heavy atom. The van der Waals surface area contributed by atoms with Gasteiger partial charge < -0.3 is 0 Å². The van der Waals surface area contributed by atoms with Crippen LogP contribution >= 0.6 is 0 Å². The summed E-state index contributed by atoms with van der Waals surface area (Å²) in [5.74, 6) is 2.19. The van der Waals surface area contributed by atoms with Gasteiger partial charge in [0.15, 0.2) is 0 Å². The van der Waals surface area contributed by atoms with Crippen LogP contribution in [0.2, 0.25) is 0 Å². The molecule has 2 unspecified atom stereocenters. The Labute approximate surface area is 51.3 Å². The number of hydrogen-bond donors (Lipinski definition) is 0. The third kappa shape index (κ3) is 0.586. The summed E-state index contributed by atoms with van der Waals surface area (Å²) in [5.41, 5.74) is 0. The lowest BCUT2D eigenvalue weighted by Gasteiger charge is -2.40. The van der Waals surface area contributed by atoms with Gasteiger partial charge in [-0.3, -0.25) is 0 Å². The number of fused-ring (bicyclic) bond motifs is 1. The highest BCUT2D eigenvalue weighted by Gasteiger charge is 2.32. The van der Waals surface area contributed by atoms with Gasteiger partial charge in [0.2, 0.25) is 0 Å². The van der Waals surface area contributed by atoms with Crippen LogP contribution in [-0.4, -0.2) is 0 Å². The molecule has 2 aliphatic carbocycles. The second-order valence-electron chi connectivity index (χ2n) is 3.17. The van der Waals surface area contributed by atoms with Crippen LogP contribution in [0.3, 0.4) is 0 Å². The van der Waals surface area contributed by atoms with E-state index in [4.69, 9.17) is 0 Å². The van der Waals surface area contributed by atoms with Crippen LogP contribution < -0.4 is 0 Å². The lowest BCUT2D eigenvalue weighted by Crippen LogP contribution is -2.29. The fraction of sp³-hybridized carbons (Fsp3) is 0.875. The molecule has 2 aliphatic rings. The lowest BCUT2D eigenvalue weighted by molar-refractivity contribution is 0.163. The van der Waals surface area contributed by atoms with Crippen molar-refractivity contribution < 1.29 is 0 Å². The van der Waals surface area contributed by atoms with Crippen molar-refractivity contribution in [3.8, 4) is 0 Å². The SMILES string of the molecule is [CH]1CCCC2CCC12. The van der Waals surface area contributed by atoms with E-state index in [1.807, 2.05) is 0 Å². The monoisotopic (exact) mass is 109 g/mol. The van der Waals surface area contributed by atoms with Crippen LogP contribution in [0, 0.1) is 18.3 Å². The van der Waals surface area contributed by atoms with Crippen molar-refractivity contribution in [3.63, 3.8) is 0 Å². The Bertz CT molecular complexity index is 74.0. The van der Waals surface area contributed by atoms with Crippen LogP contribution in [0.15, 0.2) is 0 Å². The van der Waals surface area contributed by atoms with Gasteiger partial charge in [0.25, 0.3) is 0 Å². The molecule has 0 aromatic carbocycles. The van der Waals surface area contributed by atoms with Crippen LogP contribution in [-0.2, 0) is 0 Å². The summed E-state index contributed by atoms with van der Waals surface area (Å²) in [6.07, 6.45) is 9.98. The second kappa shape index (κ2) is 1.75. The molecule has 0 aromatic heterocycles. The van der Waals surface area contributed by atoms with Gasteiger partial charge >= 0.3 is 0 Å². The van der Waals surface area contributed by atoms with E-state index in [0.29, 0.717) is 0 Å². The maximum atomic E-state index is 2.54. The summed E-state index contributed by atoms with van der Waals surface area (Å²) in [4.78, 5) is 0. The zero-order valence-corrected chi connectivity index (χ0v) is 5.27. The first-order chi connectivity index (χ1) is 3.97. The minimum Gasteiger partial charge on any atom is -0.0527 e. The molecule has 2 fully saturated rings. The van der Waals surface area contributed by atoms with Crippen molar-refractivity contribution in [1.82, 2.24) is 0 Å². The third-order valence-electron chi connectivity index (χ3n) is 2.72. The molecule has 0 spiro atoms. The van der Waals surface area contributed by atoms with E-state index in [0.717, 1.165) is 11.8 Å². The van der Waals surface area contributed by atoms with Gasteiger partial charge in [0.05, 0.1) is 0 Å². The predicted octanol–water partition coefficient (Wildman–Crippen LogP) is 2.40. The molecular weight excluding hydrogens is 96.1 g/mol. The molecule has 8 heavy (non-hydrogen) atoms. The Morgan fingerprint density at radius 3 is 2.50 bits per heavy atom. The predicted molar refractivity (Wildman–Crippen MR) is 34.4 cm³/mol. The smallest absolute Gasteiger partial charge is 0.0352 e. The van der Waals surface area contributed by atoms with Gasteiger partial charge in [-0.15, -0.1) is 0 Å². The molecule has 2 atom stereocenters. The van der Waals surface area contributed by atoms with E-state index in [2.05, 4.69) is 6.42 Å². The molecule has 0 heteroatoms. The van der Waals surface area contributed by atoms with Crippen LogP contribution in [0.4, 0.5) is 0 Å². The summed E-state index contributed by atoms with van der Waals surface area (Å²) in [5, 5.41) is 0. The van der Waals surface area contributed by atoms with E-state index in [1.54, 1.807) is 0 Å². The Hall–Kier alpha value is 0. The zero-order chi connectivity index (χ0) is 5.40. The van der Waals surface area contributed by atoms with Crippen molar-refractivity contribution in [1.29, 1.82) is 0 Å². The summed E-state index contributed by atoms with van der Waals surface area (Å²) in [6, 6.07) is 0. The standard InChI is InChI=1S/C8H13/c1-2-4-8-6-5-7(8)3-1/h3,7-8H,1-2,4-6H2. The van der Waals surface area contributed by atoms with E-state index in [9.17, 15) is 0 Å². The summed E-state index contributed by atoms with van der Waals surface area (Å²) in [7, 11) is 0. The normalized spacial score (nSPS) is 45.0. The van der Waals surface area contributed by atoms with Crippen LogP contribution in [0.25, 0.3) is 0 Å². The molecule has 45 valence electrons. The van der Waals surface area contributed by atoms with Gasteiger partial charge in [-0.05, 0) is 37.5 Å². The van der Waals surface area contributed by atoms with E-state index in [-0.39, 0.29) is 0 Å². The molecule has 2 saturated carbocycles. The lowest BCUT2D eigenvalue weighted by atomic mass is 9.66. The fourth-order valence-corrected chi connectivity index (χ4v) is 1.98. The van der Waals surface area contributed by atoms with Crippen molar-refractivity contribution in [2.24, 2.45) is 11.8 Å². The van der Waals surface area contributed by atoms with Gasteiger partial charge in [-0.2, -0.15) is 0 Å². The molecule has 0 nitrogen and oxygen atoms in total. The molecule has 1 radical (unpaired) electrons. The van der Waals surface area contributed by atoms with Crippen LogP contribution in [0.1, 0.15) is 32.1 Å². The van der Waals surface area contributed by atoms with E-state index in [1.165, 1.54) is 32.1 Å². The van der Waals surface area contributed by atoms with Gasteiger partial charge in [-0.1, -0.05) is 12.8 Å². The zero-order valence-electron chi connectivity index (χ0n) is 5.27. The highest BCUT2D eigenvalue weighted by molar-refractivity contribution is 4.93. The quantitative estimate of drug-likeness (QED) is 0.448. The topological polar surface area (TPSA) is 0 Å². The van der Waals surface area contributed by atoms with Gasteiger partial charge in [-0.25, -0.2) is 0 Å². The maximum absolute atomic E-state index is 2.54. The molecule has 0 N–H and O–H groups in total. The summed E-state index contributed by atoms with van der Waals surface area (Å²) >= 11 is 0. The van der Waals surface area contributed by atoms with Crippen molar-refractivity contribution in [2.45, 2.75) is 32.1 Å². The Balaban J connectivity index is 1.92. The minimum atomic E-state index is 1.06. The van der Waals surface area contributed by atoms with Crippen molar-refractivity contribution in [3.05, 3.63) is 6.42 Å².